The summed E-state index contributed by atoms with van der Waals surface area (Å²) in [5.74, 6) is 1.08. The third-order valence-electron chi connectivity index (χ3n) is 4.59. The first-order valence-electron chi connectivity index (χ1n) is 9.24. The van der Waals surface area contributed by atoms with Crippen LogP contribution in [0.4, 0.5) is 5.69 Å². The van der Waals surface area contributed by atoms with Crippen molar-refractivity contribution in [1.29, 1.82) is 0 Å². The molecule has 0 fully saturated rings. The topological polar surface area (TPSA) is 64.9 Å². The van der Waals surface area contributed by atoms with Gasteiger partial charge in [-0.15, -0.1) is 0 Å². The number of carbonyl (C=O) groups is 1. The first kappa shape index (κ1) is 18.6. The van der Waals surface area contributed by atoms with E-state index in [0.717, 1.165) is 16.9 Å². The van der Waals surface area contributed by atoms with Crippen molar-refractivity contribution < 1.29 is 14.3 Å². The lowest BCUT2D eigenvalue weighted by atomic mass is 10.2. The van der Waals surface area contributed by atoms with Crippen LogP contribution in [0.25, 0.3) is 5.65 Å². The van der Waals surface area contributed by atoms with Crippen LogP contribution in [0.2, 0.25) is 0 Å². The molecule has 2 aromatic heterocycles. The van der Waals surface area contributed by atoms with Gasteiger partial charge in [0.2, 0.25) is 0 Å². The van der Waals surface area contributed by atoms with Crippen molar-refractivity contribution >= 4 is 17.2 Å². The highest BCUT2D eigenvalue weighted by molar-refractivity contribution is 6.05. The molecule has 0 aliphatic heterocycles. The summed E-state index contributed by atoms with van der Waals surface area (Å²) in [6.07, 6.45) is 3.92. The van der Waals surface area contributed by atoms with Crippen molar-refractivity contribution in [3.63, 3.8) is 0 Å². The fourth-order valence-electron chi connectivity index (χ4n) is 3.08. The number of pyridine rings is 1. The van der Waals surface area contributed by atoms with E-state index in [-0.39, 0.29) is 5.91 Å². The zero-order valence-electron chi connectivity index (χ0n) is 16.3. The number of ether oxygens (including phenoxy) is 2. The minimum atomic E-state index is -0.211. The zero-order chi connectivity index (χ0) is 20.2. The summed E-state index contributed by atoms with van der Waals surface area (Å²) in [5, 5.41) is 2.86. The number of carbonyl (C=O) groups excluding carboxylic acids is 1. The number of hydrogen-bond donors (Lipinski definition) is 1. The van der Waals surface area contributed by atoms with Crippen LogP contribution < -0.4 is 14.8 Å². The van der Waals surface area contributed by atoms with Gasteiger partial charge in [0.15, 0.2) is 0 Å². The third kappa shape index (κ3) is 4.06. The number of nitrogens with zero attached hydrogens (tertiary/aromatic N) is 2. The summed E-state index contributed by atoms with van der Waals surface area (Å²) in [6, 6.07) is 18.3. The molecule has 0 bridgehead atoms. The Labute approximate surface area is 168 Å². The second-order valence-electron chi connectivity index (χ2n) is 6.62. The van der Waals surface area contributed by atoms with E-state index in [1.807, 2.05) is 48.0 Å². The number of hydrogen-bond acceptors (Lipinski definition) is 4. The molecule has 0 unspecified atom stereocenters. The predicted molar refractivity (Wildman–Crippen MR) is 112 cm³/mol. The smallest absolute Gasteiger partial charge is 0.255 e. The lowest BCUT2D eigenvalue weighted by molar-refractivity contribution is 0.102. The molecular formula is C23H21N3O3. The number of anilines is 1. The molecule has 1 amide bonds. The van der Waals surface area contributed by atoms with Crippen LogP contribution >= 0.6 is 0 Å². The van der Waals surface area contributed by atoms with Gasteiger partial charge in [0.05, 0.1) is 18.5 Å². The third-order valence-corrected chi connectivity index (χ3v) is 4.59. The highest BCUT2D eigenvalue weighted by Gasteiger charge is 2.10. The van der Waals surface area contributed by atoms with Gasteiger partial charge in [-0.05, 0) is 55.0 Å². The highest BCUT2D eigenvalue weighted by Crippen LogP contribution is 2.24. The Balaban J connectivity index is 1.40. The van der Waals surface area contributed by atoms with Crippen LogP contribution in [0.15, 0.2) is 73.1 Å². The van der Waals surface area contributed by atoms with Gasteiger partial charge < -0.3 is 19.2 Å². The summed E-state index contributed by atoms with van der Waals surface area (Å²) in [5.41, 5.74) is 4.05. The molecule has 0 atom stereocenters. The Morgan fingerprint density at radius 1 is 1.07 bits per heavy atom. The number of methoxy groups -OCH3 is 1. The van der Waals surface area contributed by atoms with Gasteiger partial charge >= 0.3 is 0 Å². The van der Waals surface area contributed by atoms with Crippen molar-refractivity contribution in [2.24, 2.45) is 0 Å². The van der Waals surface area contributed by atoms with E-state index in [2.05, 4.69) is 10.3 Å². The molecule has 1 N–H and O–H groups in total. The Morgan fingerprint density at radius 3 is 2.62 bits per heavy atom. The van der Waals surface area contributed by atoms with Gasteiger partial charge in [-0.1, -0.05) is 18.2 Å². The van der Waals surface area contributed by atoms with Crippen molar-refractivity contribution in [3.8, 4) is 11.5 Å². The number of nitrogens with one attached hydrogen (secondary N) is 1. The van der Waals surface area contributed by atoms with Crippen LogP contribution in [0.3, 0.4) is 0 Å². The number of aromatic nitrogens is 2. The summed E-state index contributed by atoms with van der Waals surface area (Å²) in [7, 11) is 1.57. The number of rotatable bonds is 6. The first-order chi connectivity index (χ1) is 14.1. The molecule has 6 heteroatoms. The quantitative estimate of drug-likeness (QED) is 0.530. The lowest BCUT2D eigenvalue weighted by Gasteiger charge is -2.10. The molecule has 2 aromatic carbocycles. The number of imidazole rings is 1. The summed E-state index contributed by atoms with van der Waals surface area (Å²) in [6.45, 7) is 2.38. The van der Waals surface area contributed by atoms with Gasteiger partial charge in [0, 0.05) is 18.0 Å². The molecule has 0 saturated carbocycles. The Kier molecular flexibility index (Phi) is 5.16. The Morgan fingerprint density at radius 2 is 1.86 bits per heavy atom. The van der Waals surface area contributed by atoms with Gasteiger partial charge in [-0.3, -0.25) is 4.79 Å². The maximum Gasteiger partial charge on any atom is 0.255 e. The molecule has 0 radical (unpaired) electrons. The first-order valence-corrected chi connectivity index (χ1v) is 9.24. The Bertz CT molecular complexity index is 1150. The molecule has 0 saturated heterocycles. The lowest BCUT2D eigenvalue weighted by Crippen LogP contribution is -2.12. The predicted octanol–water partition coefficient (Wildman–Crippen LogP) is 4.48. The number of amides is 1. The van der Waals surface area contributed by atoms with Crippen molar-refractivity contribution in [1.82, 2.24) is 9.38 Å². The number of para-hydroxylation sites is 2. The van der Waals surface area contributed by atoms with E-state index in [1.165, 1.54) is 0 Å². The van der Waals surface area contributed by atoms with E-state index in [1.54, 1.807) is 43.5 Å². The van der Waals surface area contributed by atoms with Crippen molar-refractivity contribution in [2.45, 2.75) is 13.5 Å². The fourth-order valence-corrected chi connectivity index (χ4v) is 3.08. The molecule has 6 nitrogen and oxygen atoms in total. The summed E-state index contributed by atoms with van der Waals surface area (Å²) >= 11 is 0. The largest absolute Gasteiger partial charge is 0.495 e. The average Bonchev–Trinajstić information content (AvgIpc) is 3.17. The molecular weight excluding hydrogens is 366 g/mol. The van der Waals surface area contributed by atoms with Gasteiger partial charge in [0.1, 0.15) is 23.8 Å². The van der Waals surface area contributed by atoms with Crippen LogP contribution in [0.1, 0.15) is 21.6 Å². The second-order valence-corrected chi connectivity index (χ2v) is 6.62. The molecule has 2 heterocycles. The van der Waals surface area contributed by atoms with Gasteiger partial charge in [-0.25, -0.2) is 4.98 Å². The van der Waals surface area contributed by atoms with E-state index in [9.17, 15) is 4.79 Å². The maximum absolute atomic E-state index is 12.5. The van der Waals surface area contributed by atoms with Crippen LogP contribution in [-0.2, 0) is 6.61 Å². The Hall–Kier alpha value is -3.80. The monoisotopic (exact) mass is 387 g/mol. The molecule has 4 rings (SSSR count). The minimum absolute atomic E-state index is 0.211. The molecule has 0 spiro atoms. The van der Waals surface area contributed by atoms with E-state index in [0.29, 0.717) is 29.4 Å². The number of aryl methyl sites for hydroxylation is 1. The molecule has 146 valence electrons. The normalized spacial score (nSPS) is 10.7. The SMILES string of the molecule is COc1ccccc1NC(=O)c1ccc(OCc2cn3cccc(C)c3n2)cc1. The minimum Gasteiger partial charge on any atom is -0.495 e. The van der Waals surface area contributed by atoms with Gasteiger partial charge in [0.25, 0.3) is 5.91 Å². The maximum atomic E-state index is 12.5. The van der Waals surface area contributed by atoms with Crippen LogP contribution in [0.5, 0.6) is 11.5 Å². The molecule has 4 aromatic rings. The van der Waals surface area contributed by atoms with Crippen molar-refractivity contribution in [2.75, 3.05) is 12.4 Å². The molecule has 29 heavy (non-hydrogen) atoms. The second kappa shape index (κ2) is 8.06. The standard InChI is InChI=1S/C23H21N3O3/c1-16-6-5-13-26-14-18(24-22(16)26)15-29-19-11-9-17(10-12-19)23(27)25-20-7-3-4-8-21(20)28-2/h3-14H,15H2,1-2H3,(H,25,27). The summed E-state index contributed by atoms with van der Waals surface area (Å²) in [4.78, 5) is 17.1. The molecule has 0 aliphatic carbocycles. The molecule has 0 aliphatic rings. The number of benzene rings is 2. The van der Waals surface area contributed by atoms with Crippen molar-refractivity contribution in [3.05, 3.63) is 89.9 Å². The van der Waals surface area contributed by atoms with Crippen LogP contribution in [-0.4, -0.2) is 22.4 Å². The van der Waals surface area contributed by atoms with Gasteiger partial charge in [-0.2, -0.15) is 0 Å². The summed E-state index contributed by atoms with van der Waals surface area (Å²) < 4.78 is 13.1. The van der Waals surface area contributed by atoms with E-state index < -0.39 is 0 Å². The fraction of sp³-hybridized carbons (Fsp3) is 0.130. The highest BCUT2D eigenvalue weighted by atomic mass is 16.5. The van der Waals surface area contributed by atoms with Crippen LogP contribution in [0, 0.1) is 6.92 Å². The number of fused-ring (bicyclic) bond motifs is 1. The van der Waals surface area contributed by atoms with E-state index in [4.69, 9.17) is 9.47 Å². The zero-order valence-corrected chi connectivity index (χ0v) is 16.3. The average molecular weight is 387 g/mol. The van der Waals surface area contributed by atoms with E-state index >= 15 is 0 Å².